The van der Waals surface area contributed by atoms with E-state index in [0.29, 0.717) is 17.5 Å². The average molecular weight is 312 g/mol. The SMILES string of the molecule is CC(C)CSc1nnc(COc2ccc(Cl)cc2)n1C. The van der Waals surface area contributed by atoms with Gasteiger partial charge in [0, 0.05) is 17.8 Å². The second-order valence-electron chi connectivity index (χ2n) is 4.91. The van der Waals surface area contributed by atoms with Gasteiger partial charge in [-0.25, -0.2) is 0 Å². The molecule has 0 bridgehead atoms. The minimum Gasteiger partial charge on any atom is -0.486 e. The van der Waals surface area contributed by atoms with Gasteiger partial charge in [0.1, 0.15) is 12.4 Å². The largest absolute Gasteiger partial charge is 0.486 e. The van der Waals surface area contributed by atoms with Crippen LogP contribution in [0.2, 0.25) is 5.02 Å². The van der Waals surface area contributed by atoms with Crippen molar-refractivity contribution >= 4 is 23.4 Å². The van der Waals surface area contributed by atoms with Crippen LogP contribution in [0.4, 0.5) is 0 Å². The molecule has 1 aromatic carbocycles. The maximum absolute atomic E-state index is 5.83. The van der Waals surface area contributed by atoms with Crippen LogP contribution in [0.1, 0.15) is 19.7 Å². The zero-order valence-electron chi connectivity index (χ0n) is 11.8. The van der Waals surface area contributed by atoms with E-state index >= 15 is 0 Å². The van der Waals surface area contributed by atoms with Gasteiger partial charge >= 0.3 is 0 Å². The highest BCUT2D eigenvalue weighted by molar-refractivity contribution is 7.99. The fourth-order valence-corrected chi connectivity index (χ4v) is 2.52. The Hall–Kier alpha value is -1.20. The summed E-state index contributed by atoms with van der Waals surface area (Å²) in [6, 6.07) is 7.29. The number of rotatable bonds is 6. The summed E-state index contributed by atoms with van der Waals surface area (Å²) in [5.41, 5.74) is 0. The Balaban J connectivity index is 1.94. The third-order valence-corrected chi connectivity index (χ3v) is 4.35. The minimum atomic E-state index is 0.396. The highest BCUT2D eigenvalue weighted by Gasteiger charge is 2.10. The Labute approximate surface area is 128 Å². The molecule has 0 aliphatic rings. The van der Waals surface area contributed by atoms with Crippen LogP contribution in [0.15, 0.2) is 29.4 Å². The number of hydrogen-bond acceptors (Lipinski definition) is 4. The van der Waals surface area contributed by atoms with E-state index in [1.807, 2.05) is 23.7 Å². The molecule has 1 heterocycles. The standard InChI is InChI=1S/C14H18ClN3OS/c1-10(2)9-20-14-17-16-13(18(14)3)8-19-12-6-4-11(15)5-7-12/h4-7,10H,8-9H2,1-3H3. The van der Waals surface area contributed by atoms with Crippen LogP contribution in [0.3, 0.4) is 0 Å². The van der Waals surface area contributed by atoms with Gasteiger partial charge in [-0.05, 0) is 30.2 Å². The molecule has 0 radical (unpaired) electrons. The fourth-order valence-electron chi connectivity index (χ4n) is 1.52. The maximum atomic E-state index is 5.83. The summed E-state index contributed by atoms with van der Waals surface area (Å²) < 4.78 is 7.65. The quantitative estimate of drug-likeness (QED) is 0.761. The fraction of sp³-hybridized carbons (Fsp3) is 0.429. The lowest BCUT2D eigenvalue weighted by atomic mass is 10.3. The van der Waals surface area contributed by atoms with Crippen molar-refractivity contribution in [2.45, 2.75) is 25.6 Å². The molecule has 0 unspecified atom stereocenters. The van der Waals surface area contributed by atoms with E-state index in [9.17, 15) is 0 Å². The lowest BCUT2D eigenvalue weighted by Gasteiger charge is -2.07. The molecule has 2 rings (SSSR count). The number of aromatic nitrogens is 3. The molecule has 6 heteroatoms. The first-order valence-electron chi connectivity index (χ1n) is 6.45. The first kappa shape index (κ1) is 15.2. The molecule has 0 saturated heterocycles. The molecule has 0 saturated carbocycles. The lowest BCUT2D eigenvalue weighted by molar-refractivity contribution is 0.290. The van der Waals surface area contributed by atoms with E-state index in [1.165, 1.54) is 0 Å². The van der Waals surface area contributed by atoms with E-state index in [2.05, 4.69) is 24.0 Å². The molecule has 0 amide bonds. The summed E-state index contributed by atoms with van der Waals surface area (Å²) in [6.07, 6.45) is 0. The van der Waals surface area contributed by atoms with E-state index in [4.69, 9.17) is 16.3 Å². The monoisotopic (exact) mass is 311 g/mol. The van der Waals surface area contributed by atoms with Crippen LogP contribution in [0, 0.1) is 5.92 Å². The summed E-state index contributed by atoms with van der Waals surface area (Å²) in [4.78, 5) is 0. The predicted molar refractivity (Wildman–Crippen MR) is 82.3 cm³/mol. The van der Waals surface area contributed by atoms with Crippen molar-refractivity contribution in [1.82, 2.24) is 14.8 Å². The van der Waals surface area contributed by atoms with Crippen LogP contribution in [-0.2, 0) is 13.7 Å². The third-order valence-electron chi connectivity index (χ3n) is 2.65. The normalized spacial score (nSPS) is 11.1. The number of benzene rings is 1. The molecule has 108 valence electrons. The van der Waals surface area contributed by atoms with Crippen LogP contribution in [0.5, 0.6) is 5.75 Å². The minimum absolute atomic E-state index is 0.396. The Morgan fingerprint density at radius 3 is 2.60 bits per heavy atom. The van der Waals surface area contributed by atoms with E-state index in [0.717, 1.165) is 22.5 Å². The molecule has 0 N–H and O–H groups in total. The van der Waals surface area contributed by atoms with Crippen molar-refractivity contribution in [1.29, 1.82) is 0 Å². The van der Waals surface area contributed by atoms with Crippen LogP contribution in [0.25, 0.3) is 0 Å². The predicted octanol–water partition coefficient (Wildman–Crippen LogP) is 3.80. The highest BCUT2D eigenvalue weighted by Crippen LogP contribution is 2.20. The molecule has 0 spiro atoms. The zero-order chi connectivity index (χ0) is 14.5. The molecule has 0 fully saturated rings. The smallest absolute Gasteiger partial charge is 0.191 e. The molecule has 20 heavy (non-hydrogen) atoms. The maximum Gasteiger partial charge on any atom is 0.191 e. The number of halogens is 1. The van der Waals surface area contributed by atoms with Crippen molar-refractivity contribution < 1.29 is 4.74 Å². The molecule has 1 aromatic heterocycles. The van der Waals surface area contributed by atoms with Crippen LogP contribution in [-0.4, -0.2) is 20.5 Å². The molecule has 2 aromatic rings. The van der Waals surface area contributed by atoms with Crippen LogP contribution < -0.4 is 4.74 Å². The Morgan fingerprint density at radius 1 is 1.25 bits per heavy atom. The van der Waals surface area contributed by atoms with E-state index < -0.39 is 0 Å². The Morgan fingerprint density at radius 2 is 1.95 bits per heavy atom. The second kappa shape index (κ2) is 6.99. The summed E-state index contributed by atoms with van der Waals surface area (Å²) in [5, 5.41) is 9.98. The first-order valence-corrected chi connectivity index (χ1v) is 7.82. The van der Waals surface area contributed by atoms with Gasteiger partial charge in [0.25, 0.3) is 0 Å². The molecule has 0 aliphatic heterocycles. The number of hydrogen-bond donors (Lipinski definition) is 0. The summed E-state index contributed by atoms with van der Waals surface area (Å²) in [5.74, 6) is 3.25. The van der Waals surface area contributed by atoms with Gasteiger partial charge in [-0.1, -0.05) is 37.2 Å². The van der Waals surface area contributed by atoms with Crippen LogP contribution >= 0.6 is 23.4 Å². The number of nitrogens with zero attached hydrogens (tertiary/aromatic N) is 3. The molecular weight excluding hydrogens is 294 g/mol. The van der Waals surface area contributed by atoms with Crippen molar-refractivity contribution in [2.24, 2.45) is 13.0 Å². The van der Waals surface area contributed by atoms with E-state index in [-0.39, 0.29) is 0 Å². The molecule has 4 nitrogen and oxygen atoms in total. The van der Waals surface area contributed by atoms with Gasteiger partial charge in [0.15, 0.2) is 11.0 Å². The van der Waals surface area contributed by atoms with Gasteiger partial charge < -0.3 is 9.30 Å². The Bertz CT molecular complexity index is 554. The van der Waals surface area contributed by atoms with Gasteiger partial charge in [-0.3, -0.25) is 0 Å². The zero-order valence-corrected chi connectivity index (χ0v) is 13.4. The number of thioether (sulfide) groups is 1. The second-order valence-corrected chi connectivity index (χ2v) is 6.33. The van der Waals surface area contributed by atoms with Crippen molar-refractivity contribution in [2.75, 3.05) is 5.75 Å². The van der Waals surface area contributed by atoms with Crippen molar-refractivity contribution in [3.05, 3.63) is 35.1 Å². The van der Waals surface area contributed by atoms with Crippen molar-refractivity contribution in [3.8, 4) is 5.75 Å². The summed E-state index contributed by atoms with van der Waals surface area (Å²) >= 11 is 7.55. The van der Waals surface area contributed by atoms with Crippen molar-refractivity contribution in [3.63, 3.8) is 0 Å². The molecule has 0 aliphatic carbocycles. The lowest BCUT2D eigenvalue weighted by Crippen LogP contribution is -2.04. The molecule has 0 atom stereocenters. The average Bonchev–Trinajstić information content (AvgIpc) is 2.77. The summed E-state index contributed by atoms with van der Waals surface area (Å²) in [6.45, 7) is 4.77. The number of ether oxygens (including phenoxy) is 1. The topological polar surface area (TPSA) is 39.9 Å². The third kappa shape index (κ3) is 4.15. The van der Waals surface area contributed by atoms with Gasteiger partial charge in [0.2, 0.25) is 0 Å². The van der Waals surface area contributed by atoms with E-state index in [1.54, 1.807) is 23.9 Å². The van der Waals surface area contributed by atoms with Gasteiger partial charge in [0.05, 0.1) is 0 Å². The Kier molecular flexibility index (Phi) is 5.31. The first-order chi connectivity index (χ1) is 9.56. The van der Waals surface area contributed by atoms with Gasteiger partial charge in [-0.2, -0.15) is 0 Å². The van der Waals surface area contributed by atoms with Gasteiger partial charge in [-0.15, -0.1) is 10.2 Å². The highest BCUT2D eigenvalue weighted by atomic mass is 35.5. The molecular formula is C14H18ClN3OS. The summed E-state index contributed by atoms with van der Waals surface area (Å²) in [7, 11) is 1.96.